The van der Waals surface area contributed by atoms with Crippen molar-refractivity contribution in [2.24, 2.45) is 0 Å². The molecule has 0 unspecified atom stereocenters. The summed E-state index contributed by atoms with van der Waals surface area (Å²) in [5.41, 5.74) is 4.60. The highest BCUT2D eigenvalue weighted by Gasteiger charge is 2.10. The molecule has 0 aliphatic carbocycles. The topological polar surface area (TPSA) is 16.1 Å². The number of nitrogens with zero attached hydrogens (tertiary/aromatic N) is 2. The minimum atomic E-state index is 1.06. The van der Waals surface area contributed by atoms with E-state index in [4.69, 9.17) is 4.98 Å². The van der Waals surface area contributed by atoms with Crippen molar-refractivity contribution in [1.82, 2.24) is 4.98 Å². The van der Waals surface area contributed by atoms with Crippen molar-refractivity contribution in [2.75, 3.05) is 11.9 Å². The molecule has 4 aromatic carbocycles. The van der Waals surface area contributed by atoms with Gasteiger partial charge in [-0.25, -0.2) is 4.98 Å². The van der Waals surface area contributed by atoms with Crippen LogP contribution in [0.1, 0.15) is 0 Å². The molecule has 27 heavy (non-hydrogen) atoms. The van der Waals surface area contributed by atoms with Gasteiger partial charge in [0, 0.05) is 29.4 Å². The number of para-hydroxylation sites is 1. The van der Waals surface area contributed by atoms with E-state index in [1.54, 1.807) is 11.3 Å². The van der Waals surface area contributed by atoms with Crippen LogP contribution in [0.4, 0.5) is 11.4 Å². The van der Waals surface area contributed by atoms with Gasteiger partial charge in [0.25, 0.3) is 0 Å². The quantitative estimate of drug-likeness (QED) is 0.346. The van der Waals surface area contributed by atoms with Crippen molar-refractivity contribution in [3.63, 3.8) is 0 Å². The minimum absolute atomic E-state index is 1.06. The number of thiazole rings is 1. The van der Waals surface area contributed by atoms with Gasteiger partial charge < -0.3 is 4.90 Å². The molecule has 0 bridgehead atoms. The fourth-order valence-corrected chi connectivity index (χ4v) is 4.43. The zero-order chi connectivity index (χ0) is 18.2. The molecular weight excluding hydrogens is 348 g/mol. The van der Waals surface area contributed by atoms with E-state index in [1.165, 1.54) is 21.2 Å². The lowest BCUT2D eigenvalue weighted by Crippen LogP contribution is -2.09. The van der Waals surface area contributed by atoms with Gasteiger partial charge in [0.15, 0.2) is 0 Å². The molecule has 1 heterocycles. The molecule has 0 N–H and O–H groups in total. The van der Waals surface area contributed by atoms with Crippen LogP contribution < -0.4 is 4.90 Å². The summed E-state index contributed by atoms with van der Waals surface area (Å²) in [6.45, 7) is 0. The molecule has 0 amide bonds. The van der Waals surface area contributed by atoms with Crippen molar-refractivity contribution in [3.05, 3.63) is 91.0 Å². The lowest BCUT2D eigenvalue weighted by molar-refractivity contribution is 1.22. The Kier molecular flexibility index (Phi) is 3.88. The molecule has 0 aliphatic heterocycles. The Balaban J connectivity index is 1.50. The summed E-state index contributed by atoms with van der Waals surface area (Å²) >= 11 is 1.74. The second kappa shape index (κ2) is 6.53. The van der Waals surface area contributed by atoms with E-state index in [2.05, 4.69) is 96.9 Å². The summed E-state index contributed by atoms with van der Waals surface area (Å²) in [7, 11) is 2.12. The fraction of sp³-hybridized carbons (Fsp3) is 0.0417. The maximum atomic E-state index is 4.76. The number of hydrogen-bond acceptors (Lipinski definition) is 3. The van der Waals surface area contributed by atoms with Crippen LogP contribution in [0.3, 0.4) is 0 Å². The van der Waals surface area contributed by atoms with Crippen LogP contribution in [0.5, 0.6) is 0 Å². The molecule has 5 rings (SSSR count). The number of aromatic nitrogens is 1. The van der Waals surface area contributed by atoms with Crippen LogP contribution in [0.25, 0.3) is 31.6 Å². The molecule has 0 spiro atoms. The first-order chi connectivity index (χ1) is 13.3. The summed E-state index contributed by atoms with van der Waals surface area (Å²) in [6, 6.07) is 31.9. The number of fused-ring (bicyclic) bond motifs is 2. The average Bonchev–Trinajstić information content (AvgIpc) is 3.17. The fourth-order valence-electron chi connectivity index (χ4n) is 3.46. The highest BCUT2D eigenvalue weighted by molar-refractivity contribution is 7.21. The van der Waals surface area contributed by atoms with Crippen molar-refractivity contribution in [2.45, 2.75) is 0 Å². The van der Waals surface area contributed by atoms with Gasteiger partial charge in [-0.3, -0.25) is 0 Å². The molecular formula is C24H18N2S. The molecule has 5 aromatic rings. The molecule has 3 heteroatoms. The summed E-state index contributed by atoms with van der Waals surface area (Å²) < 4.78 is 1.23. The van der Waals surface area contributed by atoms with E-state index < -0.39 is 0 Å². The first-order valence-corrected chi connectivity index (χ1v) is 9.79. The van der Waals surface area contributed by atoms with Gasteiger partial charge >= 0.3 is 0 Å². The second-order valence-electron chi connectivity index (χ2n) is 6.59. The molecule has 2 nitrogen and oxygen atoms in total. The number of anilines is 2. The zero-order valence-electron chi connectivity index (χ0n) is 15.0. The Morgan fingerprint density at radius 1 is 0.741 bits per heavy atom. The molecule has 0 saturated heterocycles. The maximum Gasteiger partial charge on any atom is 0.124 e. The molecule has 1 aromatic heterocycles. The molecule has 0 saturated carbocycles. The van der Waals surface area contributed by atoms with Gasteiger partial charge in [0.2, 0.25) is 0 Å². The van der Waals surface area contributed by atoms with Crippen LogP contribution in [0, 0.1) is 0 Å². The maximum absolute atomic E-state index is 4.76. The van der Waals surface area contributed by atoms with E-state index in [-0.39, 0.29) is 0 Å². The predicted molar refractivity (Wildman–Crippen MR) is 117 cm³/mol. The lowest BCUT2D eigenvalue weighted by atomic mass is 10.1. The average molecular weight is 366 g/mol. The van der Waals surface area contributed by atoms with E-state index >= 15 is 0 Å². The van der Waals surface area contributed by atoms with Gasteiger partial charge in [-0.1, -0.05) is 48.5 Å². The largest absolute Gasteiger partial charge is 0.344 e. The molecule has 0 radical (unpaired) electrons. The lowest BCUT2D eigenvalue weighted by Gasteiger charge is -2.21. The summed E-state index contributed by atoms with van der Waals surface area (Å²) in [5.74, 6) is 0. The predicted octanol–water partition coefficient (Wildman–Crippen LogP) is 6.88. The summed E-state index contributed by atoms with van der Waals surface area (Å²) in [4.78, 5) is 7.00. The second-order valence-corrected chi connectivity index (χ2v) is 7.62. The van der Waals surface area contributed by atoms with E-state index in [1.807, 2.05) is 6.07 Å². The SMILES string of the molecule is CN(c1ccc(-c2nc3ccccc3s2)cc1)c1cccc2ccccc12. The Hall–Kier alpha value is -3.17. The van der Waals surface area contributed by atoms with Gasteiger partial charge in [-0.15, -0.1) is 11.3 Å². The smallest absolute Gasteiger partial charge is 0.124 e. The van der Waals surface area contributed by atoms with Crippen LogP contribution in [-0.4, -0.2) is 12.0 Å². The molecule has 0 aliphatic rings. The Morgan fingerprint density at radius 2 is 1.48 bits per heavy atom. The summed E-state index contributed by atoms with van der Waals surface area (Å²) in [5, 5.41) is 3.58. The minimum Gasteiger partial charge on any atom is -0.344 e. The van der Waals surface area contributed by atoms with E-state index in [9.17, 15) is 0 Å². The molecule has 0 atom stereocenters. The first kappa shape index (κ1) is 16.0. The number of rotatable bonds is 3. The Bertz CT molecular complexity index is 1200. The highest BCUT2D eigenvalue weighted by Crippen LogP contribution is 2.34. The summed E-state index contributed by atoms with van der Waals surface area (Å²) in [6.07, 6.45) is 0. The van der Waals surface area contributed by atoms with Crippen molar-refractivity contribution in [1.29, 1.82) is 0 Å². The van der Waals surface area contributed by atoms with Gasteiger partial charge in [-0.05, 0) is 47.9 Å². The molecule has 0 fully saturated rings. The highest BCUT2D eigenvalue weighted by atomic mass is 32.1. The van der Waals surface area contributed by atoms with Gasteiger partial charge in [0.05, 0.1) is 10.2 Å². The third kappa shape index (κ3) is 2.86. The van der Waals surface area contributed by atoms with E-state index in [0.29, 0.717) is 0 Å². The van der Waals surface area contributed by atoms with Crippen LogP contribution in [0.2, 0.25) is 0 Å². The zero-order valence-corrected chi connectivity index (χ0v) is 15.8. The number of benzene rings is 4. The Morgan fingerprint density at radius 3 is 2.33 bits per heavy atom. The first-order valence-electron chi connectivity index (χ1n) is 8.97. The third-order valence-electron chi connectivity index (χ3n) is 4.92. The van der Waals surface area contributed by atoms with Crippen LogP contribution in [0.15, 0.2) is 91.0 Å². The van der Waals surface area contributed by atoms with Crippen LogP contribution in [-0.2, 0) is 0 Å². The van der Waals surface area contributed by atoms with Gasteiger partial charge in [0.1, 0.15) is 5.01 Å². The monoisotopic (exact) mass is 366 g/mol. The standard InChI is InChI=1S/C24H18N2S/c1-26(22-11-6-8-17-7-2-3-9-20(17)22)19-15-13-18(14-16-19)24-25-21-10-4-5-12-23(21)27-24/h2-16H,1H3. The van der Waals surface area contributed by atoms with E-state index in [0.717, 1.165) is 21.8 Å². The van der Waals surface area contributed by atoms with Crippen LogP contribution >= 0.6 is 11.3 Å². The normalized spacial score (nSPS) is 11.1. The van der Waals surface area contributed by atoms with Crippen molar-refractivity contribution in [3.8, 4) is 10.6 Å². The van der Waals surface area contributed by atoms with Gasteiger partial charge in [-0.2, -0.15) is 0 Å². The molecule has 130 valence electrons. The number of hydrogen-bond donors (Lipinski definition) is 0. The Labute approximate surface area is 162 Å². The van der Waals surface area contributed by atoms with Crippen molar-refractivity contribution >= 4 is 43.7 Å². The van der Waals surface area contributed by atoms with Crippen molar-refractivity contribution < 1.29 is 0 Å². The third-order valence-corrected chi connectivity index (χ3v) is 6.01.